The molecule has 6 heteroatoms. The highest BCUT2D eigenvalue weighted by Crippen LogP contribution is 2.24. The number of anilines is 1. The Balaban J connectivity index is 1.83. The molecular weight excluding hydrogens is 306 g/mol. The molecule has 0 saturated carbocycles. The second kappa shape index (κ2) is 9.49. The number of rotatable bonds is 8. The van der Waals surface area contributed by atoms with Crippen LogP contribution in [-0.2, 0) is 4.74 Å². The van der Waals surface area contributed by atoms with Crippen molar-refractivity contribution in [2.45, 2.75) is 38.8 Å². The molecule has 1 unspecified atom stereocenters. The average Bonchev–Trinajstić information content (AvgIpc) is 3.01. The van der Waals surface area contributed by atoms with Gasteiger partial charge in [-0.15, -0.1) is 0 Å². The maximum atomic E-state index is 12.3. The largest absolute Gasteiger partial charge is 0.491 e. The van der Waals surface area contributed by atoms with Crippen LogP contribution in [0.1, 0.15) is 26.7 Å². The van der Waals surface area contributed by atoms with Gasteiger partial charge >= 0.3 is 6.03 Å². The van der Waals surface area contributed by atoms with E-state index in [0.717, 1.165) is 25.9 Å². The summed E-state index contributed by atoms with van der Waals surface area (Å²) in [6.45, 7) is 7.51. The number of ether oxygens (including phenoxy) is 2. The van der Waals surface area contributed by atoms with Gasteiger partial charge in [-0.05, 0) is 32.4 Å². The zero-order valence-corrected chi connectivity index (χ0v) is 14.9. The van der Waals surface area contributed by atoms with Crippen LogP contribution in [0.4, 0.5) is 10.5 Å². The summed E-state index contributed by atoms with van der Waals surface area (Å²) in [5, 5.41) is 5.95. The van der Waals surface area contributed by atoms with E-state index < -0.39 is 0 Å². The molecular formula is C18H29N3O3. The van der Waals surface area contributed by atoms with E-state index in [1.54, 1.807) is 7.11 Å². The molecule has 6 nitrogen and oxygen atoms in total. The van der Waals surface area contributed by atoms with E-state index in [4.69, 9.17) is 9.47 Å². The molecule has 0 bridgehead atoms. The summed E-state index contributed by atoms with van der Waals surface area (Å²) in [7, 11) is 1.67. The molecule has 24 heavy (non-hydrogen) atoms. The van der Waals surface area contributed by atoms with E-state index in [-0.39, 0.29) is 12.1 Å². The predicted molar refractivity (Wildman–Crippen MR) is 95.7 cm³/mol. The van der Waals surface area contributed by atoms with Gasteiger partial charge in [0.15, 0.2) is 0 Å². The van der Waals surface area contributed by atoms with Crippen LogP contribution in [0.5, 0.6) is 5.75 Å². The standard InChI is InChI=1S/C18H29N3O3/c1-14(2)21-10-9-15(13-21)19-18(22)20-16-7-4-5-8-17(16)24-12-6-11-23-3/h4-5,7-8,14-15H,6,9-13H2,1-3H3,(H2,19,20,22). The van der Waals surface area contributed by atoms with Gasteiger partial charge in [-0.2, -0.15) is 0 Å². The van der Waals surface area contributed by atoms with Gasteiger partial charge in [0.2, 0.25) is 0 Å². The zero-order chi connectivity index (χ0) is 17.4. The molecule has 1 heterocycles. The first kappa shape index (κ1) is 18.5. The van der Waals surface area contributed by atoms with Gasteiger partial charge in [-0.3, -0.25) is 4.90 Å². The number of carbonyl (C=O) groups excluding carboxylic acids is 1. The number of nitrogens with one attached hydrogen (secondary N) is 2. The minimum absolute atomic E-state index is 0.182. The van der Waals surface area contributed by atoms with Gasteiger partial charge < -0.3 is 20.1 Å². The first-order valence-electron chi connectivity index (χ1n) is 8.62. The van der Waals surface area contributed by atoms with Crippen LogP contribution in [0.15, 0.2) is 24.3 Å². The lowest BCUT2D eigenvalue weighted by Crippen LogP contribution is -2.40. The summed E-state index contributed by atoms with van der Waals surface area (Å²) in [5.41, 5.74) is 0.686. The molecule has 1 aromatic carbocycles. The molecule has 1 aromatic rings. The van der Waals surface area contributed by atoms with E-state index in [0.29, 0.717) is 30.7 Å². The predicted octanol–water partition coefficient (Wildman–Crippen LogP) is 2.71. The Labute approximate surface area is 144 Å². The Kier molecular flexibility index (Phi) is 7.34. The van der Waals surface area contributed by atoms with Crippen LogP contribution in [0, 0.1) is 0 Å². The van der Waals surface area contributed by atoms with E-state index in [1.807, 2.05) is 24.3 Å². The third-order valence-corrected chi connectivity index (χ3v) is 4.17. The topological polar surface area (TPSA) is 62.8 Å². The number of amides is 2. The van der Waals surface area contributed by atoms with Crippen molar-refractivity contribution < 1.29 is 14.3 Å². The molecule has 0 aliphatic carbocycles. The number of likely N-dealkylation sites (tertiary alicyclic amines) is 1. The fourth-order valence-corrected chi connectivity index (χ4v) is 2.80. The first-order chi connectivity index (χ1) is 11.6. The van der Waals surface area contributed by atoms with Crippen LogP contribution in [0.25, 0.3) is 0 Å². The summed E-state index contributed by atoms with van der Waals surface area (Å²) in [5.74, 6) is 0.680. The van der Waals surface area contributed by atoms with Gasteiger partial charge in [0.25, 0.3) is 0 Å². The van der Waals surface area contributed by atoms with Gasteiger partial charge in [-0.1, -0.05) is 12.1 Å². The SMILES string of the molecule is COCCCOc1ccccc1NC(=O)NC1CCN(C(C)C)C1. The Bertz CT molecular complexity index is 522. The van der Waals surface area contributed by atoms with Crippen LogP contribution in [-0.4, -0.2) is 56.4 Å². The monoisotopic (exact) mass is 335 g/mol. The number of urea groups is 1. The van der Waals surface area contributed by atoms with Gasteiger partial charge in [0, 0.05) is 45.3 Å². The molecule has 1 atom stereocenters. The van der Waals surface area contributed by atoms with E-state index >= 15 is 0 Å². The van der Waals surface area contributed by atoms with Crippen molar-refractivity contribution in [2.75, 3.05) is 38.7 Å². The molecule has 1 saturated heterocycles. The fourth-order valence-electron chi connectivity index (χ4n) is 2.80. The lowest BCUT2D eigenvalue weighted by Gasteiger charge is -2.20. The summed E-state index contributed by atoms with van der Waals surface area (Å²) in [4.78, 5) is 14.6. The van der Waals surface area contributed by atoms with E-state index in [9.17, 15) is 4.79 Å². The van der Waals surface area contributed by atoms with Crippen molar-refractivity contribution in [1.29, 1.82) is 0 Å². The van der Waals surface area contributed by atoms with Crippen molar-refractivity contribution >= 4 is 11.7 Å². The third-order valence-electron chi connectivity index (χ3n) is 4.17. The number of nitrogens with zero attached hydrogens (tertiary/aromatic N) is 1. The number of benzene rings is 1. The molecule has 1 fully saturated rings. The Hall–Kier alpha value is -1.79. The van der Waals surface area contributed by atoms with Gasteiger partial charge in [0.05, 0.1) is 12.3 Å². The maximum Gasteiger partial charge on any atom is 0.319 e. The number of carbonyl (C=O) groups is 1. The summed E-state index contributed by atoms with van der Waals surface area (Å²) in [6, 6.07) is 8.01. The molecule has 2 amide bonds. The lowest BCUT2D eigenvalue weighted by molar-refractivity contribution is 0.172. The molecule has 1 aliphatic heterocycles. The molecule has 0 radical (unpaired) electrons. The van der Waals surface area contributed by atoms with Crippen LogP contribution >= 0.6 is 0 Å². The maximum absolute atomic E-state index is 12.3. The summed E-state index contributed by atoms with van der Waals surface area (Å²) < 4.78 is 10.7. The summed E-state index contributed by atoms with van der Waals surface area (Å²) >= 11 is 0. The van der Waals surface area contributed by atoms with Gasteiger partial charge in [-0.25, -0.2) is 4.79 Å². The van der Waals surface area contributed by atoms with Crippen LogP contribution in [0.2, 0.25) is 0 Å². The smallest absolute Gasteiger partial charge is 0.319 e. The normalized spacial score (nSPS) is 17.9. The summed E-state index contributed by atoms with van der Waals surface area (Å²) in [6.07, 6.45) is 1.80. The van der Waals surface area contributed by atoms with E-state index in [1.165, 1.54) is 0 Å². The van der Waals surface area contributed by atoms with Crippen molar-refractivity contribution in [2.24, 2.45) is 0 Å². The Morgan fingerprint density at radius 2 is 2.12 bits per heavy atom. The second-order valence-electron chi connectivity index (χ2n) is 6.36. The molecule has 2 N–H and O–H groups in total. The second-order valence-corrected chi connectivity index (χ2v) is 6.36. The number of para-hydroxylation sites is 2. The molecule has 0 aromatic heterocycles. The minimum Gasteiger partial charge on any atom is -0.491 e. The van der Waals surface area contributed by atoms with Crippen molar-refractivity contribution in [1.82, 2.24) is 10.2 Å². The van der Waals surface area contributed by atoms with Crippen molar-refractivity contribution in [3.63, 3.8) is 0 Å². The minimum atomic E-state index is -0.182. The highest BCUT2D eigenvalue weighted by atomic mass is 16.5. The number of hydrogen-bond acceptors (Lipinski definition) is 4. The quantitative estimate of drug-likeness (QED) is 0.717. The van der Waals surface area contributed by atoms with E-state index in [2.05, 4.69) is 29.4 Å². The lowest BCUT2D eigenvalue weighted by atomic mass is 10.2. The van der Waals surface area contributed by atoms with Gasteiger partial charge in [0.1, 0.15) is 5.75 Å². The Morgan fingerprint density at radius 1 is 1.33 bits per heavy atom. The molecule has 1 aliphatic rings. The molecule has 2 rings (SSSR count). The van der Waals surface area contributed by atoms with Crippen LogP contribution in [0.3, 0.4) is 0 Å². The average molecular weight is 335 g/mol. The zero-order valence-electron chi connectivity index (χ0n) is 14.9. The fraction of sp³-hybridized carbons (Fsp3) is 0.611. The molecule has 0 spiro atoms. The van der Waals surface area contributed by atoms with Crippen LogP contribution < -0.4 is 15.4 Å². The first-order valence-corrected chi connectivity index (χ1v) is 8.62. The number of hydrogen-bond donors (Lipinski definition) is 2. The highest BCUT2D eigenvalue weighted by Gasteiger charge is 2.25. The highest BCUT2D eigenvalue weighted by molar-refractivity contribution is 5.91. The Morgan fingerprint density at radius 3 is 2.83 bits per heavy atom. The van der Waals surface area contributed by atoms with Crippen molar-refractivity contribution in [3.8, 4) is 5.75 Å². The molecule has 134 valence electrons. The third kappa shape index (κ3) is 5.69. The van der Waals surface area contributed by atoms with Crippen molar-refractivity contribution in [3.05, 3.63) is 24.3 Å². The number of methoxy groups -OCH3 is 1.